The molecule has 2 aromatic rings. The Bertz CT molecular complexity index is 502. The smallest absolute Gasteiger partial charge is 0.183 e. The fourth-order valence-corrected chi connectivity index (χ4v) is 2.62. The molecule has 0 spiro atoms. The monoisotopic (exact) mass is 251 g/mol. The Morgan fingerprint density at radius 2 is 2.18 bits per heavy atom. The molecule has 2 heterocycles. The summed E-state index contributed by atoms with van der Waals surface area (Å²) >= 11 is 1.67. The zero-order valence-electron chi connectivity index (χ0n) is 10.5. The highest BCUT2D eigenvalue weighted by molar-refractivity contribution is 7.16. The predicted octanol–water partition coefficient (Wildman–Crippen LogP) is 1.87. The van der Waals surface area contributed by atoms with Crippen molar-refractivity contribution in [1.29, 1.82) is 0 Å². The number of nitrogens with zero attached hydrogens (tertiary/aromatic N) is 3. The van der Waals surface area contributed by atoms with Crippen LogP contribution in [0.15, 0.2) is 12.4 Å². The van der Waals surface area contributed by atoms with Gasteiger partial charge in [0.15, 0.2) is 5.13 Å². The first-order valence-electron chi connectivity index (χ1n) is 5.50. The third-order valence-electron chi connectivity index (χ3n) is 2.67. The van der Waals surface area contributed by atoms with Crippen molar-refractivity contribution in [2.24, 2.45) is 7.05 Å². The Balaban J connectivity index is 2.47. The van der Waals surface area contributed by atoms with Gasteiger partial charge in [0.25, 0.3) is 0 Å². The van der Waals surface area contributed by atoms with Crippen LogP contribution in [-0.2, 0) is 7.05 Å². The molecule has 2 aromatic heterocycles. The number of hydrogen-bond acceptors (Lipinski definition) is 5. The first kappa shape index (κ1) is 12.1. The Hall–Kier alpha value is -1.40. The first-order chi connectivity index (χ1) is 8.15. The van der Waals surface area contributed by atoms with E-state index in [-0.39, 0.29) is 6.04 Å². The molecule has 2 rings (SSSR count). The number of rotatable bonds is 4. The Labute approximate surface area is 105 Å². The van der Waals surface area contributed by atoms with Gasteiger partial charge in [0.05, 0.1) is 16.8 Å². The van der Waals surface area contributed by atoms with Crippen LogP contribution in [0.5, 0.6) is 0 Å². The van der Waals surface area contributed by atoms with Crippen LogP contribution in [0, 0.1) is 0 Å². The first-order valence-corrected chi connectivity index (χ1v) is 6.32. The standard InChI is InChI=1S/C11H17N5S/c1-7(12-2)10-9(15-11(13-3)17-10)8-5-14-16(4)6-8/h5-7,12H,1-4H3,(H,13,15). The van der Waals surface area contributed by atoms with Crippen LogP contribution >= 0.6 is 11.3 Å². The molecule has 92 valence electrons. The summed E-state index contributed by atoms with van der Waals surface area (Å²) in [6, 6.07) is 0.282. The van der Waals surface area contributed by atoms with Crippen molar-refractivity contribution >= 4 is 16.5 Å². The van der Waals surface area contributed by atoms with E-state index in [0.717, 1.165) is 16.4 Å². The molecule has 0 saturated heterocycles. The lowest BCUT2D eigenvalue weighted by Crippen LogP contribution is -2.11. The fourth-order valence-electron chi connectivity index (χ4n) is 1.61. The molecule has 0 bridgehead atoms. The third kappa shape index (κ3) is 2.32. The number of anilines is 1. The van der Waals surface area contributed by atoms with Crippen LogP contribution in [0.25, 0.3) is 11.3 Å². The number of thiazole rings is 1. The third-order valence-corrected chi connectivity index (χ3v) is 3.93. The van der Waals surface area contributed by atoms with Crippen molar-refractivity contribution in [2.45, 2.75) is 13.0 Å². The summed E-state index contributed by atoms with van der Waals surface area (Å²) in [5.74, 6) is 0. The van der Waals surface area contributed by atoms with Crippen LogP contribution < -0.4 is 10.6 Å². The van der Waals surface area contributed by atoms with Gasteiger partial charge in [0, 0.05) is 31.9 Å². The molecule has 0 aliphatic carbocycles. The summed E-state index contributed by atoms with van der Waals surface area (Å²) in [6.07, 6.45) is 3.83. The van der Waals surface area contributed by atoms with E-state index in [1.807, 2.05) is 33.5 Å². The van der Waals surface area contributed by atoms with Crippen LogP contribution in [0.1, 0.15) is 17.8 Å². The van der Waals surface area contributed by atoms with E-state index >= 15 is 0 Å². The Morgan fingerprint density at radius 3 is 2.71 bits per heavy atom. The average Bonchev–Trinajstić information content (AvgIpc) is 2.93. The lowest BCUT2D eigenvalue weighted by Gasteiger charge is -2.08. The van der Waals surface area contributed by atoms with E-state index in [9.17, 15) is 0 Å². The molecule has 0 saturated carbocycles. The Kier molecular flexibility index (Phi) is 3.44. The van der Waals surface area contributed by atoms with Gasteiger partial charge >= 0.3 is 0 Å². The van der Waals surface area contributed by atoms with Crippen LogP contribution in [-0.4, -0.2) is 28.9 Å². The lowest BCUT2D eigenvalue weighted by molar-refractivity contribution is 0.664. The van der Waals surface area contributed by atoms with E-state index in [2.05, 4.69) is 27.6 Å². The van der Waals surface area contributed by atoms with E-state index in [1.54, 1.807) is 16.0 Å². The molecule has 0 aliphatic rings. The molecule has 0 radical (unpaired) electrons. The molecule has 1 unspecified atom stereocenters. The second-order valence-corrected chi connectivity index (χ2v) is 4.93. The topological polar surface area (TPSA) is 54.8 Å². The van der Waals surface area contributed by atoms with Gasteiger partial charge in [0.2, 0.25) is 0 Å². The molecule has 6 heteroatoms. The lowest BCUT2D eigenvalue weighted by atomic mass is 10.1. The quantitative estimate of drug-likeness (QED) is 0.871. The maximum atomic E-state index is 4.60. The van der Waals surface area contributed by atoms with Gasteiger partial charge in [-0.3, -0.25) is 4.68 Å². The van der Waals surface area contributed by atoms with Gasteiger partial charge in [0.1, 0.15) is 0 Å². The summed E-state index contributed by atoms with van der Waals surface area (Å²) in [7, 11) is 5.76. The number of nitrogens with one attached hydrogen (secondary N) is 2. The maximum absolute atomic E-state index is 4.60. The zero-order chi connectivity index (χ0) is 12.4. The van der Waals surface area contributed by atoms with Crippen molar-refractivity contribution in [1.82, 2.24) is 20.1 Å². The predicted molar refractivity (Wildman–Crippen MR) is 71.3 cm³/mol. The van der Waals surface area contributed by atoms with E-state index in [1.165, 1.54) is 4.88 Å². The minimum atomic E-state index is 0.282. The average molecular weight is 251 g/mol. The number of aromatic nitrogens is 3. The molecular formula is C11H17N5S. The highest BCUT2D eigenvalue weighted by atomic mass is 32.1. The fraction of sp³-hybridized carbons (Fsp3) is 0.455. The number of hydrogen-bond donors (Lipinski definition) is 2. The molecule has 17 heavy (non-hydrogen) atoms. The van der Waals surface area contributed by atoms with Crippen molar-refractivity contribution in [3.8, 4) is 11.3 Å². The van der Waals surface area contributed by atoms with Gasteiger partial charge in [-0.05, 0) is 14.0 Å². The van der Waals surface area contributed by atoms with Crippen molar-refractivity contribution < 1.29 is 0 Å². The van der Waals surface area contributed by atoms with Crippen molar-refractivity contribution in [3.05, 3.63) is 17.3 Å². The molecule has 0 aromatic carbocycles. The van der Waals surface area contributed by atoms with E-state index in [4.69, 9.17) is 0 Å². The summed E-state index contributed by atoms with van der Waals surface area (Å²) in [5.41, 5.74) is 2.07. The van der Waals surface area contributed by atoms with Gasteiger partial charge in [-0.1, -0.05) is 11.3 Å². The normalized spacial score (nSPS) is 12.7. The minimum Gasteiger partial charge on any atom is -0.365 e. The highest BCUT2D eigenvalue weighted by Crippen LogP contribution is 2.34. The molecule has 2 N–H and O–H groups in total. The van der Waals surface area contributed by atoms with Gasteiger partial charge in [-0.2, -0.15) is 5.10 Å². The SMILES string of the molecule is CNc1nc(-c2cnn(C)c2)c(C(C)NC)s1. The van der Waals surface area contributed by atoms with Crippen molar-refractivity contribution in [2.75, 3.05) is 19.4 Å². The summed E-state index contributed by atoms with van der Waals surface area (Å²) in [5, 5.41) is 11.5. The molecule has 0 amide bonds. The van der Waals surface area contributed by atoms with Gasteiger partial charge in [-0.25, -0.2) is 4.98 Å². The largest absolute Gasteiger partial charge is 0.365 e. The van der Waals surface area contributed by atoms with Gasteiger partial charge < -0.3 is 10.6 Å². The van der Waals surface area contributed by atoms with Crippen LogP contribution in [0.2, 0.25) is 0 Å². The van der Waals surface area contributed by atoms with Gasteiger partial charge in [-0.15, -0.1) is 0 Å². The summed E-state index contributed by atoms with van der Waals surface area (Å²) < 4.78 is 1.79. The molecular weight excluding hydrogens is 234 g/mol. The molecule has 0 fully saturated rings. The Morgan fingerprint density at radius 1 is 1.41 bits per heavy atom. The molecule has 0 aliphatic heterocycles. The van der Waals surface area contributed by atoms with E-state index < -0.39 is 0 Å². The second kappa shape index (κ2) is 4.85. The van der Waals surface area contributed by atoms with E-state index in [0.29, 0.717) is 0 Å². The number of aryl methyl sites for hydroxylation is 1. The summed E-state index contributed by atoms with van der Waals surface area (Å²) in [6.45, 7) is 2.13. The highest BCUT2D eigenvalue weighted by Gasteiger charge is 2.17. The second-order valence-electron chi connectivity index (χ2n) is 3.89. The van der Waals surface area contributed by atoms with Crippen molar-refractivity contribution in [3.63, 3.8) is 0 Å². The van der Waals surface area contributed by atoms with Crippen LogP contribution in [0.3, 0.4) is 0 Å². The minimum absolute atomic E-state index is 0.282. The zero-order valence-corrected chi connectivity index (χ0v) is 11.3. The molecule has 1 atom stereocenters. The van der Waals surface area contributed by atoms with Crippen LogP contribution in [0.4, 0.5) is 5.13 Å². The maximum Gasteiger partial charge on any atom is 0.183 e. The summed E-state index contributed by atoms with van der Waals surface area (Å²) in [4.78, 5) is 5.82. The molecule has 5 nitrogen and oxygen atoms in total.